The number of benzene rings is 1. The van der Waals surface area contributed by atoms with Crippen LogP contribution in [0, 0.1) is 0 Å². The van der Waals surface area contributed by atoms with E-state index in [9.17, 15) is 4.79 Å². The van der Waals surface area contributed by atoms with Crippen LogP contribution >= 0.6 is 0 Å². The highest BCUT2D eigenvalue weighted by Gasteiger charge is 2.45. The molecule has 0 unspecified atom stereocenters. The molecule has 0 saturated heterocycles. The van der Waals surface area contributed by atoms with E-state index in [4.69, 9.17) is 0 Å². The lowest BCUT2D eigenvalue weighted by molar-refractivity contribution is -0.139. The Labute approximate surface area is 130 Å². The molecule has 0 bridgehead atoms. The van der Waals surface area contributed by atoms with Crippen molar-refractivity contribution in [1.29, 1.82) is 0 Å². The second kappa shape index (κ2) is 5.23. The Kier molecular flexibility index (Phi) is 3.21. The lowest BCUT2D eigenvalue weighted by atomic mass is 9.77. The average Bonchev–Trinajstić information content (AvgIpc) is 3.24. The predicted molar refractivity (Wildman–Crippen MR) is 82.0 cm³/mol. The molecule has 1 aliphatic carbocycles. The SMILES string of the molecule is O=C(N1CCn2cnnc2C1)C1(c2ccccc2)CCCC1. The molecular weight excluding hydrogens is 276 g/mol. The van der Waals surface area contributed by atoms with Gasteiger partial charge in [-0.2, -0.15) is 0 Å². The van der Waals surface area contributed by atoms with Gasteiger partial charge in [-0.1, -0.05) is 43.2 Å². The number of aromatic nitrogens is 3. The van der Waals surface area contributed by atoms with E-state index in [-0.39, 0.29) is 11.3 Å². The first-order valence-electron chi connectivity index (χ1n) is 8.01. The topological polar surface area (TPSA) is 51.0 Å². The molecule has 0 N–H and O–H groups in total. The minimum atomic E-state index is -0.330. The molecule has 1 saturated carbocycles. The second-order valence-electron chi connectivity index (χ2n) is 6.32. The highest BCUT2D eigenvalue weighted by molar-refractivity contribution is 5.88. The van der Waals surface area contributed by atoms with E-state index in [1.54, 1.807) is 6.33 Å². The van der Waals surface area contributed by atoms with Gasteiger partial charge in [-0.25, -0.2) is 0 Å². The molecule has 2 aromatic rings. The number of carbonyl (C=O) groups excluding carboxylic acids is 1. The largest absolute Gasteiger partial charge is 0.333 e. The summed E-state index contributed by atoms with van der Waals surface area (Å²) in [6.45, 7) is 2.12. The fourth-order valence-corrected chi connectivity index (χ4v) is 3.90. The molecule has 22 heavy (non-hydrogen) atoms. The van der Waals surface area contributed by atoms with Gasteiger partial charge in [0.25, 0.3) is 0 Å². The van der Waals surface area contributed by atoms with Gasteiger partial charge in [0.1, 0.15) is 6.33 Å². The molecule has 1 amide bonds. The first-order valence-corrected chi connectivity index (χ1v) is 8.01. The van der Waals surface area contributed by atoms with Gasteiger partial charge in [0.05, 0.1) is 12.0 Å². The van der Waals surface area contributed by atoms with Crippen LogP contribution in [0.25, 0.3) is 0 Å². The number of nitrogens with zero attached hydrogens (tertiary/aromatic N) is 4. The van der Waals surface area contributed by atoms with Crippen molar-refractivity contribution in [2.24, 2.45) is 0 Å². The quantitative estimate of drug-likeness (QED) is 0.853. The third kappa shape index (κ3) is 2.03. The van der Waals surface area contributed by atoms with Crippen molar-refractivity contribution in [3.05, 3.63) is 48.0 Å². The molecular formula is C17H20N4O. The number of fused-ring (bicyclic) bond motifs is 1. The van der Waals surface area contributed by atoms with E-state index in [0.717, 1.165) is 44.6 Å². The lowest BCUT2D eigenvalue weighted by Crippen LogP contribution is -2.48. The Hall–Kier alpha value is -2.17. The van der Waals surface area contributed by atoms with E-state index in [0.29, 0.717) is 6.54 Å². The van der Waals surface area contributed by atoms with Gasteiger partial charge in [0.15, 0.2) is 5.82 Å². The van der Waals surface area contributed by atoms with Gasteiger partial charge in [0, 0.05) is 13.1 Å². The molecule has 2 aliphatic rings. The monoisotopic (exact) mass is 296 g/mol. The zero-order chi connectivity index (χ0) is 15.0. The maximum Gasteiger partial charge on any atom is 0.233 e. The summed E-state index contributed by atoms with van der Waals surface area (Å²) in [4.78, 5) is 15.3. The molecule has 0 spiro atoms. The standard InChI is InChI=1S/C17H20N4O/c22-16(20-10-11-21-13-18-19-15(21)12-20)17(8-4-5-9-17)14-6-2-1-3-7-14/h1-3,6-7,13H,4-5,8-12H2. The zero-order valence-electron chi connectivity index (χ0n) is 12.6. The number of hydrogen-bond acceptors (Lipinski definition) is 3. The fourth-order valence-electron chi connectivity index (χ4n) is 3.90. The summed E-state index contributed by atoms with van der Waals surface area (Å²) >= 11 is 0. The Balaban J connectivity index is 1.65. The maximum atomic E-state index is 13.3. The number of rotatable bonds is 2. The molecule has 114 valence electrons. The lowest BCUT2D eigenvalue weighted by Gasteiger charge is -2.36. The van der Waals surface area contributed by atoms with Crippen LogP contribution < -0.4 is 0 Å². The Bertz CT molecular complexity index is 673. The summed E-state index contributed by atoms with van der Waals surface area (Å²) in [5.74, 6) is 1.16. The third-order valence-electron chi connectivity index (χ3n) is 5.12. The smallest absolute Gasteiger partial charge is 0.233 e. The molecule has 1 aliphatic heterocycles. The molecule has 5 heteroatoms. The molecule has 2 heterocycles. The van der Waals surface area contributed by atoms with Crippen LogP contribution in [0.15, 0.2) is 36.7 Å². The molecule has 4 rings (SSSR count). The van der Waals surface area contributed by atoms with Crippen LogP contribution in [0.3, 0.4) is 0 Å². The molecule has 5 nitrogen and oxygen atoms in total. The van der Waals surface area contributed by atoms with Crippen molar-refractivity contribution in [3.8, 4) is 0 Å². The molecule has 1 aromatic heterocycles. The second-order valence-corrected chi connectivity index (χ2v) is 6.32. The van der Waals surface area contributed by atoms with Gasteiger partial charge in [-0.15, -0.1) is 10.2 Å². The number of carbonyl (C=O) groups is 1. The van der Waals surface area contributed by atoms with E-state index in [1.165, 1.54) is 5.56 Å². The van der Waals surface area contributed by atoms with E-state index in [1.807, 2.05) is 27.7 Å². The summed E-state index contributed by atoms with van der Waals surface area (Å²) in [5.41, 5.74) is 0.841. The minimum absolute atomic E-state index is 0.269. The first-order chi connectivity index (χ1) is 10.8. The minimum Gasteiger partial charge on any atom is -0.333 e. The third-order valence-corrected chi connectivity index (χ3v) is 5.12. The van der Waals surface area contributed by atoms with Crippen LogP contribution in [0.5, 0.6) is 0 Å². The molecule has 1 aromatic carbocycles. The summed E-state index contributed by atoms with van der Waals surface area (Å²) < 4.78 is 2.04. The summed E-state index contributed by atoms with van der Waals surface area (Å²) in [7, 11) is 0. The van der Waals surface area contributed by atoms with Crippen molar-refractivity contribution < 1.29 is 4.79 Å². The Morgan fingerprint density at radius 3 is 2.64 bits per heavy atom. The van der Waals surface area contributed by atoms with Crippen LogP contribution in [0.4, 0.5) is 0 Å². The van der Waals surface area contributed by atoms with Crippen LogP contribution in [0.1, 0.15) is 37.1 Å². The van der Waals surface area contributed by atoms with Gasteiger partial charge in [-0.3, -0.25) is 4.79 Å². The van der Waals surface area contributed by atoms with E-state index >= 15 is 0 Å². The fraction of sp³-hybridized carbons (Fsp3) is 0.471. The molecule has 1 fully saturated rings. The summed E-state index contributed by atoms with van der Waals surface area (Å²) in [6, 6.07) is 10.3. The zero-order valence-corrected chi connectivity index (χ0v) is 12.6. The van der Waals surface area contributed by atoms with Gasteiger partial charge in [0.2, 0.25) is 5.91 Å². The Morgan fingerprint density at radius 1 is 1.09 bits per heavy atom. The van der Waals surface area contributed by atoms with Crippen molar-refractivity contribution in [1.82, 2.24) is 19.7 Å². The van der Waals surface area contributed by atoms with Crippen molar-refractivity contribution in [3.63, 3.8) is 0 Å². The number of amides is 1. The van der Waals surface area contributed by atoms with Gasteiger partial charge >= 0.3 is 0 Å². The first kappa shape index (κ1) is 13.5. The maximum absolute atomic E-state index is 13.3. The summed E-state index contributed by atoms with van der Waals surface area (Å²) in [6.07, 6.45) is 5.92. The Morgan fingerprint density at radius 2 is 1.86 bits per heavy atom. The van der Waals surface area contributed by atoms with Crippen LogP contribution in [0.2, 0.25) is 0 Å². The molecule has 0 atom stereocenters. The van der Waals surface area contributed by atoms with Crippen molar-refractivity contribution in [2.45, 2.75) is 44.2 Å². The van der Waals surface area contributed by atoms with Crippen molar-refractivity contribution >= 4 is 5.91 Å². The average molecular weight is 296 g/mol. The summed E-state index contributed by atoms with van der Waals surface area (Å²) in [5, 5.41) is 8.08. The van der Waals surface area contributed by atoms with Gasteiger partial charge in [-0.05, 0) is 18.4 Å². The van der Waals surface area contributed by atoms with Crippen LogP contribution in [-0.4, -0.2) is 32.1 Å². The predicted octanol–water partition coefficient (Wildman–Crippen LogP) is 2.13. The van der Waals surface area contributed by atoms with Crippen molar-refractivity contribution in [2.75, 3.05) is 6.54 Å². The highest BCUT2D eigenvalue weighted by atomic mass is 16.2. The van der Waals surface area contributed by atoms with Crippen LogP contribution in [-0.2, 0) is 23.3 Å². The van der Waals surface area contributed by atoms with E-state index < -0.39 is 0 Å². The van der Waals surface area contributed by atoms with Gasteiger partial charge < -0.3 is 9.47 Å². The molecule has 0 radical (unpaired) electrons. The highest BCUT2D eigenvalue weighted by Crippen LogP contribution is 2.43. The number of hydrogen-bond donors (Lipinski definition) is 0. The normalized spacial score (nSPS) is 19.9. The van der Waals surface area contributed by atoms with E-state index in [2.05, 4.69) is 22.3 Å².